The summed E-state index contributed by atoms with van der Waals surface area (Å²) < 4.78 is 43.5. The number of carbonyl (C=O) groups is 1. The van der Waals surface area contributed by atoms with Crippen LogP contribution < -0.4 is 10.6 Å². The monoisotopic (exact) mass is 400 g/mol. The molecular weight excluding hydrogens is 381 g/mol. The van der Waals surface area contributed by atoms with Gasteiger partial charge in [-0.3, -0.25) is 19.8 Å². The third-order valence-corrected chi connectivity index (χ3v) is 3.95. The van der Waals surface area contributed by atoms with Crippen LogP contribution in [0.5, 0.6) is 0 Å². The zero-order valence-corrected chi connectivity index (χ0v) is 15.1. The van der Waals surface area contributed by atoms with Crippen LogP contribution in [0.4, 0.5) is 24.5 Å². The number of rotatable bonds is 8. The number of benzene rings is 1. The van der Waals surface area contributed by atoms with Crippen molar-refractivity contribution in [2.45, 2.75) is 12.2 Å². The molecule has 2 rings (SSSR count). The number of nitrogens with one attached hydrogen (secondary N) is 2. The summed E-state index contributed by atoms with van der Waals surface area (Å²) >= 11 is 0. The Labute approximate surface area is 158 Å². The summed E-state index contributed by atoms with van der Waals surface area (Å²) in [6.45, 7) is -0.124. The fraction of sp³-hybridized carbons (Fsp3) is 0.353. The third-order valence-electron chi connectivity index (χ3n) is 3.95. The van der Waals surface area contributed by atoms with Crippen molar-refractivity contribution < 1.29 is 27.3 Å². The van der Waals surface area contributed by atoms with Gasteiger partial charge in [0.2, 0.25) is 5.91 Å². The van der Waals surface area contributed by atoms with E-state index in [1.165, 1.54) is 6.26 Å². The summed E-state index contributed by atoms with van der Waals surface area (Å²) in [6.07, 6.45) is -3.19. The fourth-order valence-corrected chi connectivity index (χ4v) is 2.48. The molecule has 0 aliphatic carbocycles. The van der Waals surface area contributed by atoms with Crippen molar-refractivity contribution in [2.24, 2.45) is 0 Å². The molecule has 0 saturated carbocycles. The first-order valence-corrected chi connectivity index (χ1v) is 8.15. The number of carbonyl (C=O) groups excluding carboxylic acids is 1. The predicted molar refractivity (Wildman–Crippen MR) is 94.7 cm³/mol. The number of anilines is 1. The van der Waals surface area contributed by atoms with E-state index in [1.54, 1.807) is 12.1 Å². The van der Waals surface area contributed by atoms with Crippen LogP contribution in [0.1, 0.15) is 17.4 Å². The summed E-state index contributed by atoms with van der Waals surface area (Å²) in [5, 5.41) is 16.2. The van der Waals surface area contributed by atoms with Crippen LogP contribution in [-0.2, 0) is 11.0 Å². The van der Waals surface area contributed by atoms with E-state index in [-0.39, 0.29) is 24.8 Å². The number of amides is 1. The highest BCUT2D eigenvalue weighted by atomic mass is 19.4. The minimum absolute atomic E-state index is 0.177. The minimum atomic E-state index is -4.70. The van der Waals surface area contributed by atoms with Gasteiger partial charge >= 0.3 is 6.18 Å². The van der Waals surface area contributed by atoms with Crippen molar-refractivity contribution in [1.82, 2.24) is 10.2 Å². The second-order valence-corrected chi connectivity index (χ2v) is 6.14. The molecule has 152 valence electrons. The lowest BCUT2D eigenvalue weighted by Gasteiger charge is -2.22. The van der Waals surface area contributed by atoms with E-state index in [9.17, 15) is 28.1 Å². The maximum absolute atomic E-state index is 12.7. The Balaban J connectivity index is 1.99. The first-order chi connectivity index (χ1) is 13.1. The Kier molecular flexibility index (Phi) is 6.62. The number of nitrogens with zero attached hydrogens (tertiary/aromatic N) is 2. The highest BCUT2D eigenvalue weighted by Crippen LogP contribution is 2.34. The summed E-state index contributed by atoms with van der Waals surface area (Å²) in [5.74, 6) is 0.171. The molecule has 0 aliphatic rings. The van der Waals surface area contributed by atoms with E-state index in [0.717, 1.165) is 6.07 Å². The maximum Gasteiger partial charge on any atom is 0.416 e. The van der Waals surface area contributed by atoms with E-state index in [2.05, 4.69) is 10.6 Å². The van der Waals surface area contributed by atoms with Crippen LogP contribution in [-0.4, -0.2) is 42.9 Å². The van der Waals surface area contributed by atoms with Gasteiger partial charge in [0.1, 0.15) is 11.4 Å². The smallest absolute Gasteiger partial charge is 0.416 e. The summed E-state index contributed by atoms with van der Waals surface area (Å²) in [6, 6.07) is 5.34. The maximum atomic E-state index is 12.7. The third kappa shape index (κ3) is 5.46. The Morgan fingerprint density at radius 3 is 2.57 bits per heavy atom. The average molecular weight is 400 g/mol. The molecule has 0 spiro atoms. The van der Waals surface area contributed by atoms with Gasteiger partial charge in [-0.15, -0.1) is 0 Å². The molecular formula is C17H19F3N4O4. The number of nitro groups is 1. The van der Waals surface area contributed by atoms with Gasteiger partial charge in [-0.25, -0.2) is 0 Å². The molecule has 2 aromatic rings. The number of nitro benzene ring substituents is 1. The molecule has 2 N–H and O–H groups in total. The highest BCUT2D eigenvalue weighted by molar-refractivity contribution is 5.81. The molecule has 1 amide bonds. The highest BCUT2D eigenvalue weighted by Gasteiger charge is 2.33. The molecule has 1 aromatic carbocycles. The van der Waals surface area contributed by atoms with Crippen LogP contribution in [0.3, 0.4) is 0 Å². The van der Waals surface area contributed by atoms with Crippen molar-refractivity contribution >= 4 is 17.3 Å². The standard InChI is InChI=1S/C17H19F3N4O4/c1-23(2)14(15-4-3-7-28-15)9-22-16(25)10-21-12-6-5-11(17(18,19)20)8-13(12)24(26)27/h3-8,14,21H,9-10H2,1-2H3,(H,22,25)/t14-/m1/s1. The number of furan rings is 1. The zero-order valence-electron chi connectivity index (χ0n) is 15.1. The van der Waals surface area contributed by atoms with Gasteiger partial charge < -0.3 is 15.1 Å². The van der Waals surface area contributed by atoms with E-state index < -0.39 is 28.3 Å². The van der Waals surface area contributed by atoms with Gasteiger partial charge in [0.25, 0.3) is 5.69 Å². The van der Waals surface area contributed by atoms with Gasteiger partial charge in [-0.05, 0) is 38.4 Å². The molecule has 0 saturated heterocycles. The molecule has 0 radical (unpaired) electrons. The van der Waals surface area contributed by atoms with Crippen LogP contribution in [0.2, 0.25) is 0 Å². The number of halogens is 3. The van der Waals surface area contributed by atoms with Gasteiger partial charge in [0, 0.05) is 12.6 Å². The summed E-state index contributed by atoms with van der Waals surface area (Å²) in [4.78, 5) is 24.0. The first-order valence-electron chi connectivity index (χ1n) is 8.15. The van der Waals surface area contributed by atoms with Crippen molar-refractivity contribution in [3.8, 4) is 0 Å². The Morgan fingerprint density at radius 1 is 1.32 bits per heavy atom. The van der Waals surface area contributed by atoms with Crippen molar-refractivity contribution in [2.75, 3.05) is 32.5 Å². The molecule has 0 unspecified atom stereocenters. The molecule has 8 nitrogen and oxygen atoms in total. The normalized spacial score (nSPS) is 12.6. The number of hydrogen-bond acceptors (Lipinski definition) is 6. The molecule has 0 fully saturated rings. The van der Waals surface area contributed by atoms with Gasteiger partial charge in [-0.2, -0.15) is 13.2 Å². The second kappa shape index (κ2) is 8.74. The quantitative estimate of drug-likeness (QED) is 0.522. The van der Waals surface area contributed by atoms with Gasteiger partial charge in [-0.1, -0.05) is 0 Å². The summed E-state index contributed by atoms with van der Waals surface area (Å²) in [5.41, 5.74) is -2.07. The number of alkyl halides is 3. The Hall–Kier alpha value is -3.08. The lowest BCUT2D eigenvalue weighted by molar-refractivity contribution is -0.384. The van der Waals surface area contributed by atoms with Crippen LogP contribution >= 0.6 is 0 Å². The van der Waals surface area contributed by atoms with E-state index in [4.69, 9.17) is 4.42 Å². The van der Waals surface area contributed by atoms with Crippen molar-refractivity contribution in [3.63, 3.8) is 0 Å². The van der Waals surface area contributed by atoms with Crippen molar-refractivity contribution in [3.05, 3.63) is 58.0 Å². The molecule has 0 bridgehead atoms. The first kappa shape index (κ1) is 21.2. The largest absolute Gasteiger partial charge is 0.468 e. The average Bonchev–Trinajstić information content (AvgIpc) is 3.13. The lowest BCUT2D eigenvalue weighted by atomic mass is 10.1. The van der Waals surface area contributed by atoms with Crippen LogP contribution in [0.25, 0.3) is 0 Å². The fourth-order valence-electron chi connectivity index (χ4n) is 2.48. The van der Waals surface area contributed by atoms with Crippen LogP contribution in [0.15, 0.2) is 41.0 Å². The second-order valence-electron chi connectivity index (χ2n) is 6.14. The molecule has 1 heterocycles. The van der Waals surface area contributed by atoms with Gasteiger partial charge in [0.15, 0.2) is 0 Å². The van der Waals surface area contributed by atoms with E-state index in [1.807, 2.05) is 19.0 Å². The molecule has 11 heteroatoms. The molecule has 28 heavy (non-hydrogen) atoms. The molecule has 1 atom stereocenters. The number of hydrogen-bond donors (Lipinski definition) is 2. The molecule has 1 aromatic heterocycles. The van der Waals surface area contributed by atoms with Gasteiger partial charge in [0.05, 0.1) is 29.3 Å². The van der Waals surface area contributed by atoms with Crippen LogP contribution in [0, 0.1) is 10.1 Å². The summed E-state index contributed by atoms with van der Waals surface area (Å²) in [7, 11) is 3.62. The molecule has 0 aliphatic heterocycles. The topological polar surface area (TPSA) is 101 Å². The lowest BCUT2D eigenvalue weighted by Crippen LogP contribution is -2.37. The van der Waals surface area contributed by atoms with E-state index >= 15 is 0 Å². The Morgan fingerprint density at radius 2 is 2.04 bits per heavy atom. The number of likely N-dealkylation sites (N-methyl/N-ethyl adjacent to an activating group) is 1. The van der Waals surface area contributed by atoms with E-state index in [0.29, 0.717) is 17.9 Å². The predicted octanol–water partition coefficient (Wildman–Crippen LogP) is 3.04. The zero-order chi connectivity index (χ0) is 20.9. The Bertz CT molecular complexity index is 822. The minimum Gasteiger partial charge on any atom is -0.468 e. The SMILES string of the molecule is CN(C)[C@H](CNC(=O)CNc1ccc(C(F)(F)F)cc1[N+](=O)[O-])c1ccco1. The van der Waals surface area contributed by atoms with Crippen molar-refractivity contribution in [1.29, 1.82) is 0 Å².